The van der Waals surface area contributed by atoms with Gasteiger partial charge in [0.15, 0.2) is 0 Å². The fraction of sp³-hybridized carbons (Fsp3) is 0.750. The van der Waals surface area contributed by atoms with Crippen molar-refractivity contribution in [1.82, 2.24) is 0 Å². The third-order valence-electron chi connectivity index (χ3n) is 15.2. The van der Waals surface area contributed by atoms with E-state index in [-0.39, 0.29) is 57.0 Å². The van der Waals surface area contributed by atoms with Gasteiger partial charge in [-0.25, -0.2) is 0 Å². The second-order valence-corrected chi connectivity index (χ2v) is 17.2. The van der Waals surface area contributed by atoms with E-state index in [9.17, 15) is 9.59 Å². The van der Waals surface area contributed by atoms with Crippen molar-refractivity contribution in [3.63, 3.8) is 0 Å². The normalized spacial score (nSPS) is 44.5. The van der Waals surface area contributed by atoms with Crippen LogP contribution < -0.4 is 0 Å². The van der Waals surface area contributed by atoms with Gasteiger partial charge < -0.3 is 14.2 Å². The van der Waals surface area contributed by atoms with E-state index in [0.29, 0.717) is 36.9 Å². The maximum atomic E-state index is 14.6. The molecular formula is C40H58O5. The molecule has 248 valence electrons. The van der Waals surface area contributed by atoms with Crippen LogP contribution >= 0.6 is 0 Å². The zero-order valence-electron chi connectivity index (χ0n) is 29.4. The Labute approximate surface area is 272 Å². The molecule has 5 nitrogen and oxygen atoms in total. The topological polar surface area (TPSA) is 61.8 Å². The second kappa shape index (κ2) is 11.2. The van der Waals surface area contributed by atoms with Gasteiger partial charge in [0.25, 0.3) is 0 Å². The minimum atomic E-state index is -0.245. The third kappa shape index (κ3) is 4.71. The molecule has 1 aliphatic heterocycles. The van der Waals surface area contributed by atoms with E-state index in [2.05, 4.69) is 61.5 Å². The summed E-state index contributed by atoms with van der Waals surface area (Å²) in [6, 6.07) is 10.1. The smallest absolute Gasteiger partial charge is 0.310 e. The average molecular weight is 619 g/mol. The molecule has 0 N–H and O–H groups in total. The summed E-state index contributed by atoms with van der Waals surface area (Å²) < 4.78 is 18.9. The largest absolute Gasteiger partial charge is 0.462 e. The molecule has 4 aliphatic carbocycles. The molecule has 5 aliphatic rings. The molecule has 45 heavy (non-hydrogen) atoms. The first kappa shape index (κ1) is 32.8. The van der Waals surface area contributed by atoms with Gasteiger partial charge in [-0.05, 0) is 84.0 Å². The maximum absolute atomic E-state index is 14.6. The van der Waals surface area contributed by atoms with Crippen LogP contribution in [0.3, 0.4) is 0 Å². The molecule has 0 aromatic heterocycles. The molecule has 4 fully saturated rings. The lowest BCUT2D eigenvalue weighted by molar-refractivity contribution is -0.239. The Morgan fingerprint density at radius 2 is 1.69 bits per heavy atom. The van der Waals surface area contributed by atoms with Crippen LogP contribution in [-0.2, 0) is 30.4 Å². The summed E-state index contributed by atoms with van der Waals surface area (Å²) in [6.45, 7) is 22.3. The lowest BCUT2D eigenvalue weighted by atomic mass is 9.34. The van der Waals surface area contributed by atoms with E-state index in [1.165, 1.54) is 0 Å². The van der Waals surface area contributed by atoms with Crippen LogP contribution in [0.2, 0.25) is 0 Å². The highest BCUT2D eigenvalue weighted by Crippen LogP contribution is 2.75. The van der Waals surface area contributed by atoms with Crippen LogP contribution in [0.1, 0.15) is 106 Å². The zero-order chi connectivity index (χ0) is 32.6. The molecule has 0 unspecified atom stereocenters. The Kier molecular flexibility index (Phi) is 8.19. The summed E-state index contributed by atoms with van der Waals surface area (Å²) in [6.07, 6.45) is 8.58. The van der Waals surface area contributed by atoms with E-state index in [1.54, 1.807) is 12.5 Å². The molecule has 1 heterocycles. The van der Waals surface area contributed by atoms with Crippen molar-refractivity contribution < 1.29 is 23.8 Å². The molecule has 0 spiro atoms. The van der Waals surface area contributed by atoms with Crippen molar-refractivity contribution in [2.45, 2.75) is 114 Å². The standard InChI is InChI=1S/C40H58O5/c1-25(2)26(3)36(6)19-20-38(8)30-15-16-33-37(7)23-43-24-40(33,21-32(27(37)4)45-28(5)41)31(30)17-18-39(38,9)34(36)35(42)44-22-29-13-11-10-12-14-29/h10-14,17,25-27,30,32-34H,15-16,18-24H2,1-9H3/t26-,27+,30+,32-,33+,34-,36-,37-,38-,39+,40+/m1/s1. The number of allylic oxidation sites excluding steroid dienone is 1. The number of ether oxygens (including phenoxy) is 3. The van der Waals surface area contributed by atoms with Gasteiger partial charge in [0.2, 0.25) is 0 Å². The monoisotopic (exact) mass is 618 g/mol. The minimum absolute atomic E-state index is 0.0269. The van der Waals surface area contributed by atoms with Crippen molar-refractivity contribution >= 4 is 11.9 Å². The van der Waals surface area contributed by atoms with Crippen LogP contribution in [0.4, 0.5) is 0 Å². The van der Waals surface area contributed by atoms with E-state index in [4.69, 9.17) is 14.2 Å². The Balaban J connectivity index is 1.42. The first-order chi connectivity index (χ1) is 21.1. The Morgan fingerprint density at radius 1 is 0.978 bits per heavy atom. The van der Waals surface area contributed by atoms with E-state index < -0.39 is 0 Å². The molecule has 1 aromatic rings. The lowest BCUT2D eigenvalue weighted by Crippen LogP contribution is -2.68. The highest BCUT2D eigenvalue weighted by atomic mass is 16.5. The summed E-state index contributed by atoms with van der Waals surface area (Å²) >= 11 is 0. The van der Waals surface area contributed by atoms with Gasteiger partial charge >= 0.3 is 11.9 Å². The number of esters is 2. The number of carbonyl (C=O) groups is 2. The number of benzene rings is 1. The number of hydrogen-bond donors (Lipinski definition) is 0. The van der Waals surface area contributed by atoms with Gasteiger partial charge in [-0.2, -0.15) is 0 Å². The quantitative estimate of drug-likeness (QED) is 0.236. The molecule has 2 bridgehead atoms. The fourth-order valence-electron chi connectivity index (χ4n) is 12.0. The molecule has 1 aromatic carbocycles. The molecule has 11 atom stereocenters. The minimum Gasteiger partial charge on any atom is -0.462 e. The van der Waals surface area contributed by atoms with Crippen LogP contribution in [-0.4, -0.2) is 31.3 Å². The van der Waals surface area contributed by atoms with Crippen LogP contribution in [0.5, 0.6) is 0 Å². The lowest BCUT2D eigenvalue weighted by Gasteiger charge is -2.71. The van der Waals surface area contributed by atoms with Crippen LogP contribution in [0.15, 0.2) is 42.0 Å². The Bertz CT molecular complexity index is 1340. The number of hydrogen-bond acceptors (Lipinski definition) is 5. The van der Waals surface area contributed by atoms with Crippen molar-refractivity contribution in [2.75, 3.05) is 13.2 Å². The van der Waals surface area contributed by atoms with Gasteiger partial charge in [0.05, 0.1) is 19.1 Å². The van der Waals surface area contributed by atoms with E-state index in [1.807, 2.05) is 30.3 Å². The van der Waals surface area contributed by atoms with E-state index in [0.717, 1.165) is 50.7 Å². The molecule has 5 heteroatoms. The first-order valence-electron chi connectivity index (χ1n) is 17.8. The van der Waals surface area contributed by atoms with Gasteiger partial charge in [-0.1, -0.05) is 97.4 Å². The highest BCUT2D eigenvalue weighted by Gasteiger charge is 2.71. The molecule has 1 saturated heterocycles. The number of fused-ring (bicyclic) bond motifs is 3. The summed E-state index contributed by atoms with van der Waals surface area (Å²) in [7, 11) is 0. The van der Waals surface area contributed by atoms with Gasteiger partial charge in [-0.15, -0.1) is 0 Å². The third-order valence-corrected chi connectivity index (χ3v) is 15.2. The average Bonchev–Trinajstić information content (AvgIpc) is 2.99. The van der Waals surface area contributed by atoms with Crippen molar-refractivity contribution in [1.29, 1.82) is 0 Å². The number of rotatable bonds is 6. The van der Waals surface area contributed by atoms with Crippen molar-refractivity contribution in [3.05, 3.63) is 47.5 Å². The molecule has 0 amide bonds. The zero-order valence-corrected chi connectivity index (χ0v) is 29.4. The van der Waals surface area contributed by atoms with Crippen LogP contribution in [0, 0.1) is 62.6 Å². The summed E-state index contributed by atoms with van der Waals surface area (Å²) in [5.74, 6) is 1.56. The predicted molar refractivity (Wildman–Crippen MR) is 177 cm³/mol. The fourth-order valence-corrected chi connectivity index (χ4v) is 12.0. The van der Waals surface area contributed by atoms with Crippen molar-refractivity contribution in [3.8, 4) is 0 Å². The Morgan fingerprint density at radius 3 is 2.36 bits per heavy atom. The Hall–Kier alpha value is -2.14. The van der Waals surface area contributed by atoms with Crippen LogP contribution in [0.25, 0.3) is 0 Å². The highest BCUT2D eigenvalue weighted by molar-refractivity contribution is 5.75. The van der Waals surface area contributed by atoms with Crippen molar-refractivity contribution in [2.24, 2.45) is 62.6 Å². The summed E-state index contributed by atoms with van der Waals surface area (Å²) in [5.41, 5.74) is 1.95. The maximum Gasteiger partial charge on any atom is 0.310 e. The summed E-state index contributed by atoms with van der Waals surface area (Å²) in [4.78, 5) is 26.9. The van der Waals surface area contributed by atoms with Gasteiger partial charge in [-0.3, -0.25) is 9.59 Å². The molecular weight excluding hydrogens is 560 g/mol. The van der Waals surface area contributed by atoms with Gasteiger partial charge in [0, 0.05) is 23.7 Å². The molecule has 6 rings (SSSR count). The molecule has 0 radical (unpaired) electrons. The predicted octanol–water partition coefficient (Wildman–Crippen LogP) is 8.80. The van der Waals surface area contributed by atoms with E-state index >= 15 is 0 Å². The second-order valence-electron chi connectivity index (χ2n) is 17.2. The first-order valence-corrected chi connectivity index (χ1v) is 17.8. The summed E-state index contributed by atoms with van der Waals surface area (Å²) in [5, 5.41) is 0. The van der Waals surface area contributed by atoms with Gasteiger partial charge in [0.1, 0.15) is 12.7 Å². The SMILES string of the molecule is CC(=O)O[C@@H]1C[C@@]23COC[C@@](C)([C@@H]2CC[C@H]2C3=CC[C@@]3(C)[C@H](C(=O)OCc4ccccc4)[C@@](C)([C@H](C)C(C)C)CC[C@]23C)[C@H]1C. The molecule has 3 saturated carbocycles. The number of carbonyl (C=O) groups excluding carboxylic acids is 2.